The SMILES string of the molecule is O=S(=O)(Cc1ccc(F)cc1)N1CCN(c2ccc(N3CCCCCC3)nn2)CC1. The summed E-state index contributed by atoms with van der Waals surface area (Å²) in [6.07, 6.45) is 4.93. The standard InChI is InChI=1S/C21H28FN5O2S/c22-19-7-5-18(6-8-19)17-30(28,29)27-15-13-26(14-16-27)21-10-9-20(23-24-21)25-11-3-1-2-4-12-25/h5-10H,1-4,11-17H2. The summed E-state index contributed by atoms with van der Waals surface area (Å²) in [5.41, 5.74) is 0.591. The molecule has 0 bridgehead atoms. The zero-order valence-corrected chi connectivity index (χ0v) is 17.9. The van der Waals surface area contributed by atoms with Gasteiger partial charge in [-0.3, -0.25) is 0 Å². The van der Waals surface area contributed by atoms with Gasteiger partial charge in [-0.2, -0.15) is 4.31 Å². The van der Waals surface area contributed by atoms with Crippen LogP contribution in [0.5, 0.6) is 0 Å². The Hall–Kier alpha value is -2.26. The van der Waals surface area contributed by atoms with Crippen LogP contribution in [-0.4, -0.2) is 62.2 Å². The molecule has 0 saturated carbocycles. The van der Waals surface area contributed by atoms with Crippen molar-refractivity contribution < 1.29 is 12.8 Å². The van der Waals surface area contributed by atoms with Crippen LogP contribution in [-0.2, 0) is 15.8 Å². The van der Waals surface area contributed by atoms with Crippen LogP contribution in [0.1, 0.15) is 31.2 Å². The van der Waals surface area contributed by atoms with E-state index in [1.807, 2.05) is 12.1 Å². The lowest BCUT2D eigenvalue weighted by Crippen LogP contribution is -2.49. The molecule has 2 aromatic rings. The van der Waals surface area contributed by atoms with Crippen LogP contribution in [0.4, 0.5) is 16.0 Å². The van der Waals surface area contributed by atoms with E-state index in [9.17, 15) is 12.8 Å². The van der Waals surface area contributed by atoms with Gasteiger partial charge in [-0.05, 0) is 42.7 Å². The van der Waals surface area contributed by atoms with Crippen molar-refractivity contribution in [1.29, 1.82) is 0 Å². The maximum atomic E-state index is 13.0. The highest BCUT2D eigenvalue weighted by Gasteiger charge is 2.28. The van der Waals surface area contributed by atoms with Crippen molar-refractivity contribution in [2.24, 2.45) is 0 Å². The zero-order valence-electron chi connectivity index (χ0n) is 17.1. The number of aromatic nitrogens is 2. The summed E-state index contributed by atoms with van der Waals surface area (Å²) < 4.78 is 40.0. The molecule has 0 atom stereocenters. The van der Waals surface area contributed by atoms with Crippen molar-refractivity contribution in [3.05, 3.63) is 47.8 Å². The highest BCUT2D eigenvalue weighted by molar-refractivity contribution is 7.88. The predicted molar refractivity (Wildman–Crippen MR) is 116 cm³/mol. The minimum atomic E-state index is -3.44. The number of nitrogens with zero attached hydrogens (tertiary/aromatic N) is 5. The number of sulfonamides is 1. The van der Waals surface area contributed by atoms with Gasteiger partial charge in [0.25, 0.3) is 0 Å². The molecule has 162 valence electrons. The molecule has 0 unspecified atom stereocenters. The van der Waals surface area contributed by atoms with E-state index in [1.54, 1.807) is 0 Å². The lowest BCUT2D eigenvalue weighted by atomic mass is 10.2. The summed E-state index contributed by atoms with van der Waals surface area (Å²) >= 11 is 0. The number of hydrogen-bond donors (Lipinski definition) is 0. The normalized spacial score (nSPS) is 19.0. The number of anilines is 2. The molecular weight excluding hydrogens is 405 g/mol. The van der Waals surface area contributed by atoms with E-state index in [1.165, 1.54) is 54.3 Å². The van der Waals surface area contributed by atoms with Gasteiger partial charge >= 0.3 is 0 Å². The molecule has 1 aromatic carbocycles. The van der Waals surface area contributed by atoms with Gasteiger partial charge in [0.2, 0.25) is 10.0 Å². The van der Waals surface area contributed by atoms with Crippen LogP contribution in [0.25, 0.3) is 0 Å². The highest BCUT2D eigenvalue weighted by atomic mass is 32.2. The summed E-state index contributed by atoms with van der Waals surface area (Å²) in [5.74, 6) is 1.22. The molecule has 0 radical (unpaired) electrons. The molecule has 9 heteroatoms. The topological polar surface area (TPSA) is 69.6 Å². The molecule has 2 aliphatic heterocycles. The van der Waals surface area contributed by atoms with Crippen LogP contribution in [0.2, 0.25) is 0 Å². The first kappa shape index (κ1) is 21.0. The fourth-order valence-corrected chi connectivity index (χ4v) is 5.55. The first-order valence-corrected chi connectivity index (χ1v) is 12.2. The monoisotopic (exact) mass is 433 g/mol. The fourth-order valence-electron chi connectivity index (χ4n) is 4.03. The second kappa shape index (κ2) is 9.26. The zero-order chi connectivity index (χ0) is 21.0. The largest absolute Gasteiger partial charge is 0.355 e. The van der Waals surface area contributed by atoms with Crippen molar-refractivity contribution in [2.75, 3.05) is 49.1 Å². The van der Waals surface area contributed by atoms with E-state index in [0.717, 1.165) is 24.7 Å². The highest BCUT2D eigenvalue weighted by Crippen LogP contribution is 2.21. The fraction of sp³-hybridized carbons (Fsp3) is 0.524. The molecule has 2 saturated heterocycles. The summed E-state index contributed by atoms with van der Waals surface area (Å²) in [7, 11) is -3.44. The Kier molecular flexibility index (Phi) is 6.48. The molecule has 2 aliphatic rings. The molecule has 0 spiro atoms. The Labute approximate surface area is 177 Å². The molecule has 7 nitrogen and oxygen atoms in total. The third-order valence-corrected chi connectivity index (χ3v) is 7.63. The average Bonchev–Trinajstić information content (AvgIpc) is 3.05. The van der Waals surface area contributed by atoms with Crippen molar-refractivity contribution in [3.63, 3.8) is 0 Å². The van der Waals surface area contributed by atoms with E-state index >= 15 is 0 Å². The molecule has 0 amide bonds. The van der Waals surface area contributed by atoms with Gasteiger partial charge in [0.1, 0.15) is 5.82 Å². The van der Waals surface area contributed by atoms with Gasteiger partial charge in [0, 0.05) is 39.3 Å². The second-order valence-electron chi connectivity index (χ2n) is 7.92. The minimum Gasteiger partial charge on any atom is -0.355 e. The van der Waals surface area contributed by atoms with Crippen LogP contribution < -0.4 is 9.80 Å². The smallest absolute Gasteiger partial charge is 0.218 e. The molecule has 2 fully saturated rings. The maximum absolute atomic E-state index is 13.0. The average molecular weight is 434 g/mol. The third kappa shape index (κ3) is 5.07. The third-order valence-electron chi connectivity index (χ3n) is 5.78. The second-order valence-corrected chi connectivity index (χ2v) is 9.89. The quantitative estimate of drug-likeness (QED) is 0.722. The van der Waals surface area contributed by atoms with Gasteiger partial charge in [0.05, 0.1) is 5.75 Å². The van der Waals surface area contributed by atoms with Gasteiger partial charge in [0.15, 0.2) is 11.6 Å². The Morgan fingerprint density at radius 3 is 1.80 bits per heavy atom. The Bertz CT molecular complexity index is 921. The van der Waals surface area contributed by atoms with Crippen molar-refractivity contribution in [1.82, 2.24) is 14.5 Å². The van der Waals surface area contributed by atoms with Crippen molar-refractivity contribution in [2.45, 2.75) is 31.4 Å². The first-order valence-electron chi connectivity index (χ1n) is 10.6. The van der Waals surface area contributed by atoms with Crippen molar-refractivity contribution >= 4 is 21.7 Å². The van der Waals surface area contributed by atoms with Gasteiger partial charge in [-0.15, -0.1) is 10.2 Å². The lowest BCUT2D eigenvalue weighted by molar-refractivity contribution is 0.383. The van der Waals surface area contributed by atoms with Crippen molar-refractivity contribution in [3.8, 4) is 0 Å². The molecule has 30 heavy (non-hydrogen) atoms. The summed E-state index contributed by atoms with van der Waals surface area (Å²) in [6, 6.07) is 9.61. The molecule has 3 heterocycles. The number of halogens is 1. The molecule has 0 N–H and O–H groups in total. The van der Waals surface area contributed by atoms with Crippen LogP contribution in [0.3, 0.4) is 0 Å². The lowest BCUT2D eigenvalue weighted by Gasteiger charge is -2.34. The van der Waals surface area contributed by atoms with E-state index in [2.05, 4.69) is 20.0 Å². The van der Waals surface area contributed by atoms with Gasteiger partial charge < -0.3 is 9.80 Å². The molecule has 0 aliphatic carbocycles. The minimum absolute atomic E-state index is 0.113. The Morgan fingerprint density at radius 2 is 1.27 bits per heavy atom. The maximum Gasteiger partial charge on any atom is 0.218 e. The molecular formula is C21H28FN5O2S. The molecule has 1 aromatic heterocycles. The summed E-state index contributed by atoms with van der Waals surface area (Å²) in [5, 5.41) is 8.82. The Morgan fingerprint density at radius 1 is 0.733 bits per heavy atom. The number of piperazine rings is 1. The van der Waals surface area contributed by atoms with Gasteiger partial charge in [-0.1, -0.05) is 25.0 Å². The van der Waals surface area contributed by atoms with E-state index < -0.39 is 10.0 Å². The summed E-state index contributed by atoms with van der Waals surface area (Å²) in [4.78, 5) is 4.37. The van der Waals surface area contributed by atoms with E-state index in [0.29, 0.717) is 31.7 Å². The van der Waals surface area contributed by atoms with Crippen LogP contribution in [0.15, 0.2) is 36.4 Å². The van der Waals surface area contributed by atoms with Gasteiger partial charge in [-0.25, -0.2) is 12.8 Å². The predicted octanol–water partition coefficient (Wildman–Crippen LogP) is 2.65. The number of rotatable bonds is 5. The number of hydrogen-bond acceptors (Lipinski definition) is 6. The number of benzene rings is 1. The van der Waals surface area contributed by atoms with E-state index in [4.69, 9.17) is 0 Å². The van der Waals surface area contributed by atoms with Crippen LogP contribution in [0, 0.1) is 5.82 Å². The Balaban J connectivity index is 1.34. The van der Waals surface area contributed by atoms with E-state index in [-0.39, 0.29) is 11.6 Å². The molecule has 4 rings (SSSR count). The first-order chi connectivity index (χ1) is 14.5. The summed E-state index contributed by atoms with van der Waals surface area (Å²) in [6.45, 7) is 4.00. The van der Waals surface area contributed by atoms with Crippen LogP contribution >= 0.6 is 0 Å².